The van der Waals surface area contributed by atoms with E-state index in [9.17, 15) is 9.50 Å². The van der Waals surface area contributed by atoms with Gasteiger partial charge in [-0.15, -0.1) is 0 Å². The monoisotopic (exact) mass is 265 g/mol. The molecule has 1 heterocycles. The van der Waals surface area contributed by atoms with Gasteiger partial charge >= 0.3 is 0 Å². The Kier molecular flexibility index (Phi) is 3.71. The average Bonchev–Trinajstić information content (AvgIpc) is 2.46. The Labute approximate surface area is 113 Å². The van der Waals surface area contributed by atoms with E-state index in [4.69, 9.17) is 4.74 Å². The van der Waals surface area contributed by atoms with Crippen LogP contribution in [-0.2, 0) is 11.3 Å². The lowest BCUT2D eigenvalue weighted by Crippen LogP contribution is -2.52. The van der Waals surface area contributed by atoms with E-state index >= 15 is 0 Å². The molecule has 2 aliphatic rings. The fourth-order valence-corrected chi connectivity index (χ4v) is 3.31. The summed E-state index contributed by atoms with van der Waals surface area (Å²) >= 11 is 0. The van der Waals surface area contributed by atoms with Crippen LogP contribution in [0, 0.1) is 5.82 Å². The molecule has 2 atom stereocenters. The third kappa shape index (κ3) is 2.60. The molecule has 0 amide bonds. The number of ether oxygens (including phenoxy) is 1. The number of hydrogen-bond acceptors (Lipinski definition) is 3. The summed E-state index contributed by atoms with van der Waals surface area (Å²) in [6, 6.07) is 5.20. The van der Waals surface area contributed by atoms with Gasteiger partial charge in [0.15, 0.2) is 0 Å². The summed E-state index contributed by atoms with van der Waals surface area (Å²) in [5.74, 6) is -0.277. The molecule has 4 heteroatoms. The number of hydrogen-bond donors (Lipinski definition) is 1. The molecule has 1 N–H and O–H groups in total. The molecule has 3 rings (SSSR count). The largest absolute Gasteiger partial charge is 0.392 e. The molecule has 2 fully saturated rings. The number of halogens is 1. The fraction of sp³-hybridized carbons (Fsp3) is 0.600. The molecule has 1 aromatic carbocycles. The maximum Gasteiger partial charge on any atom is 0.125 e. The van der Waals surface area contributed by atoms with Crippen LogP contribution in [0.3, 0.4) is 0 Å². The lowest BCUT2D eigenvalue weighted by Gasteiger charge is -2.45. The second-order valence-corrected chi connectivity index (χ2v) is 5.43. The Hall–Kier alpha value is -1.13. The predicted molar refractivity (Wildman–Crippen MR) is 71.7 cm³/mol. The van der Waals surface area contributed by atoms with Gasteiger partial charge in [0, 0.05) is 12.2 Å². The van der Waals surface area contributed by atoms with Crippen molar-refractivity contribution in [1.29, 1.82) is 0 Å². The quantitative estimate of drug-likeness (QED) is 0.891. The molecule has 0 radical (unpaired) electrons. The Balaban J connectivity index is 1.89. The van der Waals surface area contributed by atoms with Gasteiger partial charge in [-0.1, -0.05) is 12.8 Å². The van der Waals surface area contributed by atoms with E-state index in [1.54, 1.807) is 6.07 Å². The Morgan fingerprint density at radius 2 is 2.11 bits per heavy atom. The van der Waals surface area contributed by atoms with Crippen LogP contribution in [0.5, 0.6) is 0 Å². The zero-order chi connectivity index (χ0) is 13.2. The highest BCUT2D eigenvalue weighted by Crippen LogP contribution is 2.32. The first-order valence-electron chi connectivity index (χ1n) is 7.06. The van der Waals surface area contributed by atoms with Crippen molar-refractivity contribution in [2.75, 3.05) is 18.1 Å². The van der Waals surface area contributed by atoms with Crippen LogP contribution in [0.25, 0.3) is 0 Å². The summed E-state index contributed by atoms with van der Waals surface area (Å²) in [4.78, 5) is 2.26. The molecule has 1 saturated carbocycles. The molecular formula is C15H20FNO2. The van der Waals surface area contributed by atoms with Gasteiger partial charge in [-0.3, -0.25) is 0 Å². The number of rotatable bonds is 2. The summed E-state index contributed by atoms with van der Waals surface area (Å²) in [5, 5.41) is 9.21. The SMILES string of the molecule is OCc1cc(F)cc(N2CCOC3CCCCC32)c1. The van der Waals surface area contributed by atoms with E-state index in [-0.39, 0.29) is 18.5 Å². The fourth-order valence-electron chi connectivity index (χ4n) is 3.31. The van der Waals surface area contributed by atoms with Crippen molar-refractivity contribution in [3.8, 4) is 0 Å². The van der Waals surface area contributed by atoms with Gasteiger partial charge in [0.25, 0.3) is 0 Å². The first-order valence-corrected chi connectivity index (χ1v) is 7.06. The maximum atomic E-state index is 13.6. The van der Waals surface area contributed by atoms with Crippen LogP contribution in [0.15, 0.2) is 18.2 Å². The van der Waals surface area contributed by atoms with Crippen LogP contribution in [0.2, 0.25) is 0 Å². The van der Waals surface area contributed by atoms with Crippen molar-refractivity contribution in [3.05, 3.63) is 29.6 Å². The second-order valence-electron chi connectivity index (χ2n) is 5.43. The molecule has 2 unspecified atom stereocenters. The molecule has 0 bridgehead atoms. The molecule has 19 heavy (non-hydrogen) atoms. The zero-order valence-electron chi connectivity index (χ0n) is 11.0. The smallest absolute Gasteiger partial charge is 0.125 e. The van der Waals surface area contributed by atoms with Crippen molar-refractivity contribution in [3.63, 3.8) is 0 Å². The van der Waals surface area contributed by atoms with Crippen LogP contribution >= 0.6 is 0 Å². The minimum absolute atomic E-state index is 0.122. The second kappa shape index (κ2) is 5.47. The lowest BCUT2D eigenvalue weighted by atomic mass is 9.89. The van der Waals surface area contributed by atoms with Crippen LogP contribution in [0.4, 0.5) is 10.1 Å². The highest BCUT2D eigenvalue weighted by Gasteiger charge is 2.34. The number of aliphatic hydroxyl groups excluding tert-OH is 1. The van der Waals surface area contributed by atoms with E-state index in [1.165, 1.54) is 18.9 Å². The molecule has 104 valence electrons. The van der Waals surface area contributed by atoms with Crippen molar-refractivity contribution >= 4 is 5.69 Å². The summed E-state index contributed by atoms with van der Waals surface area (Å²) in [5.41, 5.74) is 1.51. The summed E-state index contributed by atoms with van der Waals surface area (Å²) in [6.45, 7) is 1.38. The molecule has 1 aliphatic carbocycles. The minimum Gasteiger partial charge on any atom is -0.392 e. The highest BCUT2D eigenvalue weighted by molar-refractivity contribution is 5.50. The number of aliphatic hydroxyl groups is 1. The van der Waals surface area contributed by atoms with E-state index in [0.717, 1.165) is 25.1 Å². The first kappa shape index (κ1) is 12.9. The molecule has 0 spiro atoms. The van der Waals surface area contributed by atoms with E-state index in [1.807, 2.05) is 6.07 Å². The van der Waals surface area contributed by atoms with Gasteiger partial charge in [-0.05, 0) is 36.6 Å². The number of morpholine rings is 1. The van der Waals surface area contributed by atoms with E-state index in [2.05, 4.69) is 4.90 Å². The zero-order valence-corrected chi connectivity index (χ0v) is 11.0. The summed E-state index contributed by atoms with van der Waals surface area (Å²) < 4.78 is 19.5. The molecular weight excluding hydrogens is 245 g/mol. The van der Waals surface area contributed by atoms with Crippen LogP contribution in [0.1, 0.15) is 31.2 Å². The molecule has 1 aliphatic heterocycles. The molecule has 1 saturated heterocycles. The Bertz CT molecular complexity index is 450. The Morgan fingerprint density at radius 1 is 1.26 bits per heavy atom. The Morgan fingerprint density at radius 3 is 2.95 bits per heavy atom. The first-order chi connectivity index (χ1) is 9.28. The maximum absolute atomic E-state index is 13.6. The van der Waals surface area contributed by atoms with Crippen molar-refractivity contribution < 1.29 is 14.2 Å². The van der Waals surface area contributed by atoms with Gasteiger partial charge in [-0.25, -0.2) is 4.39 Å². The summed E-state index contributed by atoms with van der Waals surface area (Å²) in [7, 11) is 0. The third-order valence-corrected chi connectivity index (χ3v) is 4.19. The molecule has 1 aromatic rings. The average molecular weight is 265 g/mol. The molecule has 3 nitrogen and oxygen atoms in total. The van der Waals surface area contributed by atoms with Gasteiger partial charge in [-0.2, -0.15) is 0 Å². The number of nitrogens with zero attached hydrogens (tertiary/aromatic N) is 1. The number of benzene rings is 1. The van der Waals surface area contributed by atoms with E-state index < -0.39 is 0 Å². The predicted octanol–water partition coefficient (Wildman–Crippen LogP) is 2.47. The normalized spacial score (nSPS) is 27.2. The molecule has 0 aromatic heterocycles. The lowest BCUT2D eigenvalue weighted by molar-refractivity contribution is -0.00870. The number of fused-ring (bicyclic) bond motifs is 1. The standard InChI is InChI=1S/C15H20FNO2/c16-12-7-11(10-18)8-13(9-12)17-5-6-19-15-4-2-1-3-14(15)17/h7-9,14-15,18H,1-6,10H2. The van der Waals surface area contributed by atoms with Crippen molar-refractivity contribution in [1.82, 2.24) is 0 Å². The third-order valence-electron chi connectivity index (χ3n) is 4.19. The van der Waals surface area contributed by atoms with Gasteiger partial charge in [0.1, 0.15) is 5.82 Å². The van der Waals surface area contributed by atoms with Crippen LogP contribution < -0.4 is 4.90 Å². The minimum atomic E-state index is -0.277. The van der Waals surface area contributed by atoms with Crippen LogP contribution in [-0.4, -0.2) is 30.4 Å². The van der Waals surface area contributed by atoms with Gasteiger partial charge in [0.2, 0.25) is 0 Å². The van der Waals surface area contributed by atoms with Gasteiger partial charge in [0.05, 0.1) is 25.4 Å². The number of anilines is 1. The van der Waals surface area contributed by atoms with E-state index in [0.29, 0.717) is 18.2 Å². The topological polar surface area (TPSA) is 32.7 Å². The van der Waals surface area contributed by atoms with Crippen molar-refractivity contribution in [2.24, 2.45) is 0 Å². The highest BCUT2D eigenvalue weighted by atomic mass is 19.1. The van der Waals surface area contributed by atoms with Crippen molar-refractivity contribution in [2.45, 2.75) is 44.4 Å². The van der Waals surface area contributed by atoms with Gasteiger partial charge < -0.3 is 14.7 Å². The summed E-state index contributed by atoms with van der Waals surface area (Å²) in [6.07, 6.45) is 4.92.